The van der Waals surface area contributed by atoms with Gasteiger partial charge in [-0.3, -0.25) is 10.1 Å². The number of piperidine rings is 1. The first-order chi connectivity index (χ1) is 9.65. The number of nitrogens with one attached hydrogen (secondary N) is 1. The number of rotatable bonds is 5. The van der Waals surface area contributed by atoms with Gasteiger partial charge in [0.25, 0.3) is 0 Å². The molecule has 20 heavy (non-hydrogen) atoms. The largest absolute Gasteiger partial charge is 0.348 e. The Kier molecular flexibility index (Phi) is 4.89. The second kappa shape index (κ2) is 6.65. The van der Waals surface area contributed by atoms with Crippen molar-refractivity contribution in [3.05, 3.63) is 27.9 Å². The van der Waals surface area contributed by atoms with Crippen molar-refractivity contribution in [3.8, 4) is 0 Å². The summed E-state index contributed by atoms with van der Waals surface area (Å²) in [6.07, 6.45) is 5.99. The van der Waals surface area contributed by atoms with E-state index in [-0.39, 0.29) is 10.6 Å². The van der Waals surface area contributed by atoms with Crippen molar-refractivity contribution in [3.63, 3.8) is 0 Å². The summed E-state index contributed by atoms with van der Waals surface area (Å²) < 4.78 is 0. The molecule has 1 fully saturated rings. The molecule has 1 atom stereocenters. The molecular formula is C14H22N4O2. The lowest BCUT2D eigenvalue weighted by atomic mass is 9.99. The Morgan fingerprint density at radius 3 is 3.05 bits per heavy atom. The Labute approximate surface area is 119 Å². The molecule has 1 N–H and O–H groups in total. The van der Waals surface area contributed by atoms with Crippen LogP contribution in [0.1, 0.15) is 31.2 Å². The van der Waals surface area contributed by atoms with Gasteiger partial charge in [-0.1, -0.05) is 0 Å². The van der Waals surface area contributed by atoms with Crippen LogP contribution in [0, 0.1) is 17.0 Å². The van der Waals surface area contributed by atoms with Crippen LogP contribution in [0.2, 0.25) is 0 Å². The van der Waals surface area contributed by atoms with E-state index in [2.05, 4.69) is 15.2 Å². The molecule has 1 unspecified atom stereocenters. The van der Waals surface area contributed by atoms with E-state index in [0.717, 1.165) is 32.4 Å². The monoisotopic (exact) mass is 278 g/mol. The fraction of sp³-hybridized carbons (Fsp3) is 0.643. The molecule has 6 heteroatoms. The minimum Gasteiger partial charge on any atom is -0.348 e. The Morgan fingerprint density at radius 1 is 1.55 bits per heavy atom. The number of hydrogen-bond donors (Lipinski definition) is 1. The first-order valence-electron chi connectivity index (χ1n) is 7.16. The third kappa shape index (κ3) is 3.07. The molecule has 0 radical (unpaired) electrons. The molecule has 6 nitrogen and oxygen atoms in total. The van der Waals surface area contributed by atoms with E-state index in [9.17, 15) is 10.1 Å². The van der Waals surface area contributed by atoms with Crippen LogP contribution in [0.25, 0.3) is 0 Å². The summed E-state index contributed by atoms with van der Waals surface area (Å²) in [5.74, 6) is 0.538. The first kappa shape index (κ1) is 14.7. The lowest BCUT2D eigenvalue weighted by Crippen LogP contribution is -2.41. The Balaban J connectivity index is 2.32. The quantitative estimate of drug-likeness (QED) is 0.661. The van der Waals surface area contributed by atoms with Gasteiger partial charge in [0.1, 0.15) is 0 Å². The fourth-order valence-electron chi connectivity index (χ4n) is 2.86. The Morgan fingerprint density at radius 2 is 2.35 bits per heavy atom. The van der Waals surface area contributed by atoms with Crippen LogP contribution in [-0.4, -0.2) is 36.1 Å². The van der Waals surface area contributed by atoms with Crippen LogP contribution in [0.5, 0.6) is 0 Å². The highest BCUT2D eigenvalue weighted by Gasteiger charge is 2.30. The van der Waals surface area contributed by atoms with E-state index in [4.69, 9.17) is 0 Å². The zero-order valence-electron chi connectivity index (χ0n) is 12.1. The number of nitrogens with zero attached hydrogens (tertiary/aromatic N) is 3. The van der Waals surface area contributed by atoms with E-state index in [1.165, 1.54) is 6.42 Å². The molecule has 110 valence electrons. The molecule has 2 rings (SSSR count). The lowest BCUT2D eigenvalue weighted by molar-refractivity contribution is -0.384. The maximum absolute atomic E-state index is 11.3. The summed E-state index contributed by atoms with van der Waals surface area (Å²) >= 11 is 0. The van der Waals surface area contributed by atoms with Gasteiger partial charge in [-0.25, -0.2) is 4.98 Å². The van der Waals surface area contributed by atoms with Gasteiger partial charge < -0.3 is 10.2 Å². The topological polar surface area (TPSA) is 71.3 Å². The van der Waals surface area contributed by atoms with E-state index in [0.29, 0.717) is 17.4 Å². The highest BCUT2D eigenvalue weighted by atomic mass is 16.6. The lowest BCUT2D eigenvalue weighted by Gasteiger charge is -2.36. The van der Waals surface area contributed by atoms with Crippen molar-refractivity contribution in [2.45, 2.75) is 38.6 Å². The molecule has 1 aromatic rings. The molecule has 2 heterocycles. The van der Waals surface area contributed by atoms with Crippen LogP contribution in [0.4, 0.5) is 11.5 Å². The van der Waals surface area contributed by atoms with Crippen molar-refractivity contribution in [2.75, 3.05) is 25.0 Å². The Hall–Kier alpha value is -1.69. The molecule has 1 aliphatic heterocycles. The molecule has 0 aliphatic carbocycles. The molecule has 0 saturated carbocycles. The zero-order valence-corrected chi connectivity index (χ0v) is 12.1. The fourth-order valence-corrected chi connectivity index (χ4v) is 2.86. The van der Waals surface area contributed by atoms with E-state index in [1.807, 2.05) is 7.05 Å². The highest BCUT2D eigenvalue weighted by Crippen LogP contribution is 2.33. The molecule has 0 spiro atoms. The van der Waals surface area contributed by atoms with Crippen molar-refractivity contribution < 1.29 is 4.92 Å². The van der Waals surface area contributed by atoms with Crippen LogP contribution in [0.3, 0.4) is 0 Å². The minimum atomic E-state index is -0.304. The van der Waals surface area contributed by atoms with Gasteiger partial charge in [0, 0.05) is 24.3 Å². The first-order valence-corrected chi connectivity index (χ1v) is 7.16. The SMILES string of the molecule is CNCCC1CCCCN1c1nccc(C)c1[N+](=O)[O-]. The predicted octanol–water partition coefficient (Wildman–Crippen LogP) is 2.27. The van der Waals surface area contributed by atoms with Crippen LogP contribution in [0.15, 0.2) is 12.3 Å². The van der Waals surface area contributed by atoms with E-state index < -0.39 is 0 Å². The predicted molar refractivity (Wildman–Crippen MR) is 79.2 cm³/mol. The number of nitro groups is 1. The van der Waals surface area contributed by atoms with E-state index in [1.54, 1.807) is 19.2 Å². The van der Waals surface area contributed by atoms with Gasteiger partial charge in [-0.15, -0.1) is 0 Å². The number of aromatic nitrogens is 1. The van der Waals surface area contributed by atoms with Crippen molar-refractivity contribution in [1.82, 2.24) is 10.3 Å². The van der Waals surface area contributed by atoms with Gasteiger partial charge in [0.05, 0.1) is 4.92 Å². The standard InChI is InChI=1S/C14H22N4O2/c1-11-6-9-16-14(13(11)18(19)20)17-10-4-3-5-12(17)7-8-15-2/h6,9,12,15H,3-5,7-8,10H2,1-2H3. The second-order valence-electron chi connectivity index (χ2n) is 5.29. The molecule has 0 bridgehead atoms. The summed E-state index contributed by atoms with van der Waals surface area (Å²) in [5, 5.41) is 14.5. The second-order valence-corrected chi connectivity index (χ2v) is 5.29. The molecule has 1 saturated heterocycles. The maximum Gasteiger partial charge on any atom is 0.314 e. The molecular weight excluding hydrogens is 256 g/mol. The van der Waals surface area contributed by atoms with Crippen LogP contribution >= 0.6 is 0 Å². The zero-order chi connectivity index (χ0) is 14.5. The van der Waals surface area contributed by atoms with Crippen LogP contribution < -0.4 is 10.2 Å². The normalized spacial score (nSPS) is 19.1. The average molecular weight is 278 g/mol. The van der Waals surface area contributed by atoms with Gasteiger partial charge in [0.2, 0.25) is 5.82 Å². The number of pyridine rings is 1. The van der Waals surface area contributed by atoms with E-state index >= 15 is 0 Å². The average Bonchev–Trinajstić information content (AvgIpc) is 2.44. The summed E-state index contributed by atoms with van der Waals surface area (Å²) in [5.41, 5.74) is 0.835. The summed E-state index contributed by atoms with van der Waals surface area (Å²) in [6.45, 7) is 3.54. The van der Waals surface area contributed by atoms with Gasteiger partial charge in [-0.05, 0) is 52.3 Å². The smallest absolute Gasteiger partial charge is 0.314 e. The summed E-state index contributed by atoms with van der Waals surface area (Å²) in [7, 11) is 1.93. The molecule has 1 aromatic heterocycles. The molecule has 1 aliphatic rings. The maximum atomic E-state index is 11.3. The number of anilines is 1. The minimum absolute atomic E-state index is 0.156. The van der Waals surface area contributed by atoms with Gasteiger partial charge in [0.15, 0.2) is 0 Å². The van der Waals surface area contributed by atoms with Crippen LogP contribution in [-0.2, 0) is 0 Å². The van der Waals surface area contributed by atoms with Crippen molar-refractivity contribution >= 4 is 11.5 Å². The third-order valence-electron chi connectivity index (χ3n) is 3.92. The number of hydrogen-bond acceptors (Lipinski definition) is 5. The summed E-state index contributed by atoms with van der Waals surface area (Å²) in [4.78, 5) is 17.5. The summed E-state index contributed by atoms with van der Waals surface area (Å²) in [6, 6.07) is 2.04. The van der Waals surface area contributed by atoms with Gasteiger partial charge in [-0.2, -0.15) is 0 Å². The van der Waals surface area contributed by atoms with Gasteiger partial charge >= 0.3 is 5.69 Å². The van der Waals surface area contributed by atoms with Crippen molar-refractivity contribution in [1.29, 1.82) is 0 Å². The highest BCUT2D eigenvalue weighted by molar-refractivity contribution is 5.62. The van der Waals surface area contributed by atoms with Crippen molar-refractivity contribution in [2.24, 2.45) is 0 Å². The molecule has 0 aromatic carbocycles. The molecule has 0 amide bonds. The Bertz CT molecular complexity index is 478. The number of aryl methyl sites for hydroxylation is 1. The third-order valence-corrected chi connectivity index (χ3v) is 3.92.